The van der Waals surface area contributed by atoms with Gasteiger partial charge in [0.2, 0.25) is 0 Å². The third-order valence-corrected chi connectivity index (χ3v) is 4.45. The molecule has 1 N–H and O–H groups in total. The van der Waals surface area contributed by atoms with Gasteiger partial charge in [-0.3, -0.25) is 4.79 Å². The van der Waals surface area contributed by atoms with Crippen molar-refractivity contribution in [3.05, 3.63) is 102 Å². The second kappa shape index (κ2) is 8.84. The van der Waals surface area contributed by atoms with E-state index in [9.17, 15) is 18.0 Å². The number of nitrogens with zero attached hydrogens (tertiary/aromatic N) is 4. The second-order valence-electron chi connectivity index (χ2n) is 6.69. The van der Waals surface area contributed by atoms with Crippen LogP contribution < -0.4 is 5.32 Å². The molecule has 0 saturated heterocycles. The highest BCUT2D eigenvalue weighted by atomic mass is 19.4. The Morgan fingerprint density at radius 1 is 0.812 bits per heavy atom. The highest BCUT2D eigenvalue weighted by Gasteiger charge is 2.40. The van der Waals surface area contributed by atoms with Crippen LogP contribution in [0.5, 0.6) is 0 Å². The zero-order valence-electron chi connectivity index (χ0n) is 16.5. The van der Waals surface area contributed by atoms with Crippen LogP contribution in [0.4, 0.5) is 30.2 Å². The number of halogens is 3. The molecule has 3 aromatic carbocycles. The summed E-state index contributed by atoms with van der Waals surface area (Å²) >= 11 is 0. The largest absolute Gasteiger partial charge is 0.434 e. The number of aromatic nitrogens is 2. The van der Waals surface area contributed by atoms with E-state index in [1.54, 1.807) is 42.5 Å². The van der Waals surface area contributed by atoms with Crippen molar-refractivity contribution in [1.29, 1.82) is 0 Å². The minimum absolute atomic E-state index is 0.201. The summed E-state index contributed by atoms with van der Waals surface area (Å²) in [7, 11) is 0. The molecular formula is C23H16F3N5O. The molecule has 160 valence electrons. The molecule has 1 heterocycles. The van der Waals surface area contributed by atoms with Gasteiger partial charge < -0.3 is 5.32 Å². The molecule has 1 aromatic heterocycles. The molecule has 0 aliphatic rings. The van der Waals surface area contributed by atoms with E-state index in [4.69, 9.17) is 0 Å². The zero-order chi connectivity index (χ0) is 22.6. The molecule has 0 aliphatic heterocycles. The standard InChI is InChI=1S/C23H16F3N5O/c24-23(25,26)21-20(15-27-31(21)19-9-5-2-6-10-19)22(32)28-16-11-13-18(14-12-16)30-29-17-7-3-1-4-8-17/h1-15H,(H,28,32). The van der Waals surface area contributed by atoms with Crippen molar-refractivity contribution in [3.8, 4) is 5.69 Å². The first-order valence-electron chi connectivity index (χ1n) is 9.51. The number of hydrogen-bond acceptors (Lipinski definition) is 4. The Kier molecular flexibility index (Phi) is 5.80. The number of nitrogens with one attached hydrogen (secondary N) is 1. The van der Waals surface area contributed by atoms with Crippen molar-refractivity contribution in [2.45, 2.75) is 6.18 Å². The summed E-state index contributed by atoms with van der Waals surface area (Å²) in [5.41, 5.74) is 0.00430. The van der Waals surface area contributed by atoms with Crippen LogP contribution in [0.15, 0.2) is 101 Å². The van der Waals surface area contributed by atoms with E-state index in [1.807, 2.05) is 18.2 Å². The summed E-state index contributed by atoms with van der Waals surface area (Å²) in [6.07, 6.45) is -3.87. The normalized spacial score (nSPS) is 11.6. The number of carbonyl (C=O) groups excluding carboxylic acids is 1. The average Bonchev–Trinajstić information content (AvgIpc) is 3.26. The Hall–Kier alpha value is -4.27. The molecule has 6 nitrogen and oxygen atoms in total. The molecule has 0 spiro atoms. The number of hydrogen-bond donors (Lipinski definition) is 1. The van der Waals surface area contributed by atoms with Crippen LogP contribution >= 0.6 is 0 Å². The average molecular weight is 435 g/mol. The lowest BCUT2D eigenvalue weighted by atomic mass is 10.2. The zero-order valence-corrected chi connectivity index (χ0v) is 16.5. The maximum atomic E-state index is 13.7. The molecule has 9 heteroatoms. The number of anilines is 1. The van der Waals surface area contributed by atoms with E-state index in [0.29, 0.717) is 21.7 Å². The van der Waals surface area contributed by atoms with Crippen LogP contribution in [0.1, 0.15) is 16.1 Å². The lowest BCUT2D eigenvalue weighted by molar-refractivity contribution is -0.143. The molecule has 4 rings (SSSR count). The van der Waals surface area contributed by atoms with Crippen LogP contribution in [0, 0.1) is 0 Å². The Morgan fingerprint density at radius 2 is 1.38 bits per heavy atom. The molecule has 32 heavy (non-hydrogen) atoms. The summed E-state index contributed by atoms with van der Waals surface area (Å²) in [6, 6.07) is 23.2. The van der Waals surface area contributed by atoms with Gasteiger partial charge in [-0.15, -0.1) is 0 Å². The van der Waals surface area contributed by atoms with Crippen molar-refractivity contribution in [2.24, 2.45) is 10.2 Å². The van der Waals surface area contributed by atoms with Crippen molar-refractivity contribution in [1.82, 2.24) is 9.78 Å². The first kappa shape index (κ1) is 21.0. The quantitative estimate of drug-likeness (QED) is 0.361. The molecule has 4 aromatic rings. The number of carbonyl (C=O) groups is 1. The first-order chi connectivity index (χ1) is 15.4. The topological polar surface area (TPSA) is 71.6 Å². The third-order valence-electron chi connectivity index (χ3n) is 4.45. The van der Waals surface area contributed by atoms with Crippen molar-refractivity contribution < 1.29 is 18.0 Å². The van der Waals surface area contributed by atoms with Gasteiger partial charge in [-0.1, -0.05) is 36.4 Å². The van der Waals surface area contributed by atoms with Gasteiger partial charge in [0.1, 0.15) is 0 Å². The maximum absolute atomic E-state index is 13.7. The van der Waals surface area contributed by atoms with Crippen LogP contribution in [0.2, 0.25) is 0 Å². The van der Waals surface area contributed by atoms with Gasteiger partial charge in [-0.2, -0.15) is 28.5 Å². The van der Waals surface area contributed by atoms with Gasteiger partial charge >= 0.3 is 6.18 Å². The third kappa shape index (κ3) is 4.72. The van der Waals surface area contributed by atoms with Crippen LogP contribution in [0.3, 0.4) is 0 Å². The monoisotopic (exact) mass is 435 g/mol. The van der Waals surface area contributed by atoms with E-state index in [0.717, 1.165) is 6.20 Å². The van der Waals surface area contributed by atoms with E-state index in [-0.39, 0.29) is 5.69 Å². The van der Waals surface area contributed by atoms with Crippen molar-refractivity contribution in [3.63, 3.8) is 0 Å². The number of azo groups is 1. The predicted octanol–water partition coefficient (Wildman–Crippen LogP) is 6.56. The summed E-state index contributed by atoms with van der Waals surface area (Å²) in [6.45, 7) is 0. The Bertz CT molecular complexity index is 1230. The molecule has 0 fully saturated rings. The van der Waals surface area contributed by atoms with E-state index >= 15 is 0 Å². The van der Waals surface area contributed by atoms with E-state index in [2.05, 4.69) is 20.6 Å². The SMILES string of the molecule is O=C(Nc1ccc(N=Nc2ccccc2)cc1)c1cnn(-c2ccccc2)c1C(F)(F)F. The fourth-order valence-electron chi connectivity index (χ4n) is 2.97. The fraction of sp³-hybridized carbons (Fsp3) is 0.0435. The van der Waals surface area contributed by atoms with Gasteiger partial charge in [0.15, 0.2) is 5.69 Å². The van der Waals surface area contributed by atoms with Gasteiger partial charge in [0.25, 0.3) is 5.91 Å². The van der Waals surface area contributed by atoms with E-state index in [1.165, 1.54) is 24.3 Å². The minimum Gasteiger partial charge on any atom is -0.322 e. The Balaban J connectivity index is 1.54. The number of amides is 1. The Labute approximate surface area is 181 Å². The lowest BCUT2D eigenvalue weighted by Crippen LogP contribution is -2.20. The van der Waals surface area contributed by atoms with Crippen LogP contribution in [-0.2, 0) is 6.18 Å². The van der Waals surface area contributed by atoms with Crippen molar-refractivity contribution >= 4 is 23.0 Å². The molecule has 0 atom stereocenters. The summed E-state index contributed by atoms with van der Waals surface area (Å²) in [5, 5.41) is 14.4. The van der Waals surface area contributed by atoms with Crippen LogP contribution in [-0.4, -0.2) is 15.7 Å². The number of benzene rings is 3. The molecule has 0 unspecified atom stereocenters. The number of alkyl halides is 3. The fourth-order valence-corrected chi connectivity index (χ4v) is 2.97. The summed E-state index contributed by atoms with van der Waals surface area (Å²) < 4.78 is 41.9. The molecular weight excluding hydrogens is 419 g/mol. The lowest BCUT2D eigenvalue weighted by Gasteiger charge is -2.13. The first-order valence-corrected chi connectivity index (χ1v) is 9.51. The maximum Gasteiger partial charge on any atom is 0.434 e. The van der Waals surface area contributed by atoms with Gasteiger partial charge in [-0.05, 0) is 48.5 Å². The second-order valence-corrected chi connectivity index (χ2v) is 6.69. The number of rotatable bonds is 5. The summed E-state index contributed by atoms with van der Waals surface area (Å²) in [5.74, 6) is -0.918. The Morgan fingerprint density at radius 3 is 1.97 bits per heavy atom. The minimum atomic E-state index is -4.78. The van der Waals surface area contributed by atoms with Gasteiger partial charge in [0, 0.05) is 5.69 Å². The molecule has 1 amide bonds. The predicted molar refractivity (Wildman–Crippen MR) is 114 cm³/mol. The highest BCUT2D eigenvalue weighted by Crippen LogP contribution is 2.34. The molecule has 0 radical (unpaired) electrons. The summed E-state index contributed by atoms with van der Waals surface area (Å²) in [4.78, 5) is 12.6. The van der Waals surface area contributed by atoms with Crippen molar-refractivity contribution in [2.75, 3.05) is 5.32 Å². The van der Waals surface area contributed by atoms with E-state index < -0.39 is 23.3 Å². The molecule has 0 aliphatic carbocycles. The van der Waals surface area contributed by atoms with Crippen LogP contribution in [0.25, 0.3) is 5.69 Å². The highest BCUT2D eigenvalue weighted by molar-refractivity contribution is 6.05. The number of para-hydroxylation sites is 1. The molecule has 0 bridgehead atoms. The van der Waals surface area contributed by atoms with Gasteiger partial charge in [0.05, 0.1) is 28.8 Å². The molecule has 0 saturated carbocycles. The smallest absolute Gasteiger partial charge is 0.322 e. The van der Waals surface area contributed by atoms with Gasteiger partial charge in [-0.25, -0.2) is 4.68 Å².